The summed E-state index contributed by atoms with van der Waals surface area (Å²) in [7, 11) is 0. The molecule has 0 aromatic rings. The minimum absolute atomic E-state index is 0.0382. The van der Waals surface area contributed by atoms with Crippen LogP contribution in [-0.2, 0) is 0 Å². The predicted molar refractivity (Wildman–Crippen MR) is 64.3 cm³/mol. The second-order valence-corrected chi connectivity index (χ2v) is 5.28. The van der Waals surface area contributed by atoms with Gasteiger partial charge in [0, 0.05) is 6.04 Å². The maximum atomic E-state index is 11.7. The number of rotatable bonds is 4. The van der Waals surface area contributed by atoms with Gasteiger partial charge in [-0.3, -0.25) is 0 Å². The summed E-state index contributed by atoms with van der Waals surface area (Å²) in [6.45, 7) is 6.17. The van der Waals surface area contributed by atoms with Crippen molar-refractivity contribution in [2.24, 2.45) is 5.92 Å². The van der Waals surface area contributed by atoms with Gasteiger partial charge in [-0.15, -0.1) is 0 Å². The molecular weight excluding hydrogens is 204 g/mol. The molecule has 0 radical (unpaired) electrons. The molecule has 1 fully saturated rings. The van der Waals surface area contributed by atoms with Crippen molar-refractivity contribution < 1.29 is 9.90 Å². The molecule has 4 nitrogen and oxygen atoms in total. The molecular formula is C12H24N2O2. The molecule has 0 spiro atoms. The average molecular weight is 228 g/mol. The number of hydrogen-bond donors (Lipinski definition) is 3. The zero-order valence-electron chi connectivity index (χ0n) is 10.5. The third kappa shape index (κ3) is 3.37. The molecule has 1 atom stereocenters. The van der Waals surface area contributed by atoms with Crippen LogP contribution in [-0.4, -0.2) is 29.3 Å². The molecule has 1 saturated carbocycles. The number of nitrogens with one attached hydrogen (secondary N) is 2. The summed E-state index contributed by atoms with van der Waals surface area (Å²) in [6.07, 6.45) is 3.93. The maximum absolute atomic E-state index is 11.7. The second kappa shape index (κ2) is 5.53. The van der Waals surface area contributed by atoms with Crippen LogP contribution in [0.25, 0.3) is 0 Å². The topological polar surface area (TPSA) is 61.4 Å². The van der Waals surface area contributed by atoms with Crippen molar-refractivity contribution in [3.05, 3.63) is 0 Å². The smallest absolute Gasteiger partial charge is 0.315 e. The quantitative estimate of drug-likeness (QED) is 0.685. The van der Waals surface area contributed by atoms with Crippen LogP contribution in [0.1, 0.15) is 46.5 Å². The molecule has 0 aromatic heterocycles. The molecule has 2 amide bonds. The highest BCUT2D eigenvalue weighted by Crippen LogP contribution is 2.28. The first kappa shape index (κ1) is 13.3. The number of carbonyl (C=O) groups is 1. The Morgan fingerprint density at radius 2 is 1.88 bits per heavy atom. The van der Waals surface area contributed by atoms with Crippen LogP contribution in [0.5, 0.6) is 0 Å². The fraction of sp³-hybridized carbons (Fsp3) is 0.917. The third-order valence-corrected chi connectivity index (χ3v) is 3.60. The first-order chi connectivity index (χ1) is 7.49. The zero-order valence-corrected chi connectivity index (χ0v) is 10.5. The molecule has 0 aliphatic heterocycles. The summed E-state index contributed by atoms with van der Waals surface area (Å²) in [4.78, 5) is 11.7. The van der Waals surface area contributed by atoms with Crippen molar-refractivity contribution in [3.63, 3.8) is 0 Å². The van der Waals surface area contributed by atoms with Gasteiger partial charge in [-0.1, -0.05) is 26.7 Å². The number of amides is 2. The van der Waals surface area contributed by atoms with Crippen molar-refractivity contribution in [2.45, 2.75) is 58.0 Å². The van der Waals surface area contributed by atoms with E-state index in [2.05, 4.69) is 24.5 Å². The Labute approximate surface area is 97.8 Å². The van der Waals surface area contributed by atoms with Crippen molar-refractivity contribution in [3.8, 4) is 0 Å². The van der Waals surface area contributed by atoms with E-state index < -0.39 is 0 Å². The lowest BCUT2D eigenvalue weighted by Crippen LogP contribution is -2.54. The molecule has 4 heteroatoms. The van der Waals surface area contributed by atoms with Gasteiger partial charge in [-0.05, 0) is 25.7 Å². The minimum atomic E-state index is -0.374. The van der Waals surface area contributed by atoms with Crippen molar-refractivity contribution >= 4 is 6.03 Å². The highest BCUT2D eigenvalue weighted by molar-refractivity contribution is 5.75. The molecule has 1 aliphatic carbocycles. The largest absolute Gasteiger partial charge is 0.394 e. The molecule has 3 N–H and O–H groups in total. The summed E-state index contributed by atoms with van der Waals surface area (Å²) >= 11 is 0. The Hall–Kier alpha value is -0.770. The summed E-state index contributed by atoms with van der Waals surface area (Å²) < 4.78 is 0. The van der Waals surface area contributed by atoms with E-state index in [0.717, 1.165) is 25.7 Å². The van der Waals surface area contributed by atoms with Crippen molar-refractivity contribution in [1.29, 1.82) is 0 Å². The van der Waals surface area contributed by atoms with Gasteiger partial charge in [-0.2, -0.15) is 0 Å². The number of hydrogen-bond acceptors (Lipinski definition) is 2. The lowest BCUT2D eigenvalue weighted by molar-refractivity contribution is 0.161. The summed E-state index contributed by atoms with van der Waals surface area (Å²) in [5.41, 5.74) is -0.374. The van der Waals surface area contributed by atoms with E-state index in [1.807, 2.05) is 6.92 Å². The highest BCUT2D eigenvalue weighted by atomic mass is 16.3. The first-order valence-corrected chi connectivity index (χ1v) is 6.19. The van der Waals surface area contributed by atoms with Gasteiger partial charge in [0.1, 0.15) is 0 Å². The van der Waals surface area contributed by atoms with E-state index >= 15 is 0 Å². The molecule has 1 rings (SSSR count). The number of aliphatic hydroxyl groups is 1. The standard InChI is InChI=1S/C12H24N2O2/c1-9(2)10(3)13-11(16)14-12(8-15)6-4-5-7-12/h9-10,15H,4-8H2,1-3H3,(H2,13,14,16). The fourth-order valence-corrected chi connectivity index (χ4v) is 2.02. The zero-order chi connectivity index (χ0) is 12.2. The Morgan fingerprint density at radius 1 is 1.31 bits per heavy atom. The van der Waals surface area contributed by atoms with Gasteiger partial charge in [0.05, 0.1) is 12.1 Å². The number of carbonyl (C=O) groups excluding carboxylic acids is 1. The summed E-state index contributed by atoms with van der Waals surface area (Å²) in [6, 6.07) is -0.00528. The van der Waals surface area contributed by atoms with Crippen LogP contribution in [0.3, 0.4) is 0 Å². The fourth-order valence-electron chi connectivity index (χ4n) is 2.02. The first-order valence-electron chi connectivity index (χ1n) is 6.19. The van der Waals surface area contributed by atoms with Crippen LogP contribution < -0.4 is 10.6 Å². The Balaban J connectivity index is 2.43. The van der Waals surface area contributed by atoms with Gasteiger partial charge < -0.3 is 15.7 Å². The minimum Gasteiger partial charge on any atom is -0.394 e. The molecule has 0 bridgehead atoms. The van der Waals surface area contributed by atoms with Crippen molar-refractivity contribution in [1.82, 2.24) is 10.6 Å². The van der Waals surface area contributed by atoms with E-state index in [-0.39, 0.29) is 24.2 Å². The van der Waals surface area contributed by atoms with E-state index in [4.69, 9.17) is 0 Å². The van der Waals surface area contributed by atoms with Gasteiger partial charge in [0.15, 0.2) is 0 Å². The van der Waals surface area contributed by atoms with Gasteiger partial charge in [0.25, 0.3) is 0 Å². The average Bonchev–Trinajstić information content (AvgIpc) is 2.66. The molecule has 0 aromatic carbocycles. The SMILES string of the molecule is CC(C)C(C)NC(=O)NC1(CO)CCCC1. The molecule has 0 heterocycles. The van der Waals surface area contributed by atoms with Crippen LogP contribution in [0.4, 0.5) is 4.79 Å². The summed E-state index contributed by atoms with van der Waals surface area (Å²) in [5.74, 6) is 0.416. The third-order valence-electron chi connectivity index (χ3n) is 3.60. The van der Waals surface area contributed by atoms with Gasteiger partial charge in [-0.25, -0.2) is 4.79 Å². The predicted octanol–water partition coefficient (Wildman–Crippen LogP) is 1.64. The van der Waals surface area contributed by atoms with Crippen molar-refractivity contribution in [2.75, 3.05) is 6.61 Å². The van der Waals surface area contributed by atoms with E-state index in [9.17, 15) is 9.90 Å². The monoisotopic (exact) mass is 228 g/mol. The molecule has 1 unspecified atom stereocenters. The van der Waals surface area contributed by atoms with E-state index in [1.165, 1.54) is 0 Å². The van der Waals surface area contributed by atoms with Gasteiger partial charge >= 0.3 is 6.03 Å². The van der Waals surface area contributed by atoms with Crippen LogP contribution in [0.2, 0.25) is 0 Å². The normalized spacial score (nSPS) is 20.8. The van der Waals surface area contributed by atoms with Crippen LogP contribution in [0, 0.1) is 5.92 Å². The highest BCUT2D eigenvalue weighted by Gasteiger charge is 2.34. The number of urea groups is 1. The van der Waals surface area contributed by atoms with E-state index in [0.29, 0.717) is 5.92 Å². The van der Waals surface area contributed by atoms with Crippen LogP contribution >= 0.6 is 0 Å². The summed E-state index contributed by atoms with van der Waals surface area (Å²) in [5, 5.41) is 15.2. The number of aliphatic hydroxyl groups excluding tert-OH is 1. The van der Waals surface area contributed by atoms with Gasteiger partial charge in [0.2, 0.25) is 0 Å². The Bertz CT molecular complexity index is 235. The maximum Gasteiger partial charge on any atom is 0.315 e. The lowest BCUT2D eigenvalue weighted by atomic mass is 9.99. The Morgan fingerprint density at radius 3 is 2.31 bits per heavy atom. The van der Waals surface area contributed by atoms with Crippen LogP contribution in [0.15, 0.2) is 0 Å². The van der Waals surface area contributed by atoms with E-state index in [1.54, 1.807) is 0 Å². The Kier molecular flexibility index (Phi) is 4.59. The molecule has 0 saturated heterocycles. The molecule has 1 aliphatic rings. The molecule has 16 heavy (non-hydrogen) atoms. The second-order valence-electron chi connectivity index (χ2n) is 5.28. The molecule has 94 valence electrons. The lowest BCUT2D eigenvalue weighted by Gasteiger charge is -2.29.